The molecule has 0 aromatic heterocycles. The van der Waals surface area contributed by atoms with Crippen LogP contribution >= 0.6 is 11.6 Å². The molecule has 1 aromatic rings. The first-order valence-corrected chi connectivity index (χ1v) is 11.2. The van der Waals surface area contributed by atoms with Gasteiger partial charge in [-0.2, -0.15) is 0 Å². The molecular formula is C18H26ClN3O3S. The topological polar surface area (TPSA) is 69.7 Å². The number of hydrogen-bond acceptors (Lipinski definition) is 4. The number of anilines is 1. The number of rotatable bonds is 5. The average Bonchev–Trinajstić information content (AvgIpc) is 3.07. The molecule has 0 bridgehead atoms. The molecule has 2 saturated heterocycles. The van der Waals surface area contributed by atoms with Crippen molar-refractivity contribution in [2.45, 2.75) is 38.6 Å². The van der Waals surface area contributed by atoms with E-state index >= 15 is 0 Å². The van der Waals surface area contributed by atoms with Gasteiger partial charge in [-0.1, -0.05) is 18.5 Å². The van der Waals surface area contributed by atoms with E-state index in [1.165, 1.54) is 4.31 Å². The molecule has 1 N–H and O–H groups in total. The van der Waals surface area contributed by atoms with Gasteiger partial charge in [0.25, 0.3) is 5.91 Å². The van der Waals surface area contributed by atoms with Gasteiger partial charge in [0, 0.05) is 24.7 Å². The van der Waals surface area contributed by atoms with Crippen LogP contribution in [0.1, 0.15) is 43.0 Å². The lowest BCUT2D eigenvalue weighted by atomic mass is 10.1. The molecule has 1 atom stereocenters. The highest BCUT2D eigenvalue weighted by molar-refractivity contribution is 7.92. The van der Waals surface area contributed by atoms with Gasteiger partial charge in [-0.15, -0.1) is 0 Å². The van der Waals surface area contributed by atoms with Gasteiger partial charge in [0.2, 0.25) is 10.0 Å². The molecule has 8 heteroatoms. The summed E-state index contributed by atoms with van der Waals surface area (Å²) in [6.07, 6.45) is 3.70. The molecule has 0 radical (unpaired) electrons. The summed E-state index contributed by atoms with van der Waals surface area (Å²) in [6, 6.07) is 5.21. The second kappa shape index (κ2) is 8.15. The number of nitrogens with zero attached hydrogens (tertiary/aromatic N) is 2. The van der Waals surface area contributed by atoms with Gasteiger partial charge in [-0.3, -0.25) is 14.0 Å². The zero-order valence-electron chi connectivity index (χ0n) is 15.1. The van der Waals surface area contributed by atoms with Crippen LogP contribution < -0.4 is 9.62 Å². The predicted octanol–water partition coefficient (Wildman–Crippen LogP) is 2.48. The van der Waals surface area contributed by atoms with Crippen LogP contribution in [0.4, 0.5) is 5.69 Å². The van der Waals surface area contributed by atoms with Gasteiger partial charge >= 0.3 is 0 Å². The molecular weight excluding hydrogens is 374 g/mol. The summed E-state index contributed by atoms with van der Waals surface area (Å²) >= 11 is 6.24. The van der Waals surface area contributed by atoms with Crippen LogP contribution in [0.3, 0.4) is 0 Å². The lowest BCUT2D eigenvalue weighted by Gasteiger charge is -2.29. The van der Waals surface area contributed by atoms with Gasteiger partial charge in [-0.25, -0.2) is 8.42 Å². The van der Waals surface area contributed by atoms with E-state index in [2.05, 4.69) is 17.1 Å². The van der Waals surface area contributed by atoms with Crippen LogP contribution in [0.15, 0.2) is 18.2 Å². The van der Waals surface area contributed by atoms with Crippen molar-refractivity contribution in [3.05, 3.63) is 28.8 Å². The largest absolute Gasteiger partial charge is 0.350 e. The monoisotopic (exact) mass is 399 g/mol. The predicted molar refractivity (Wildman–Crippen MR) is 104 cm³/mol. The molecule has 0 unspecified atom stereocenters. The van der Waals surface area contributed by atoms with Gasteiger partial charge in [-0.05, 0) is 57.0 Å². The van der Waals surface area contributed by atoms with Crippen LogP contribution in [-0.2, 0) is 10.0 Å². The van der Waals surface area contributed by atoms with E-state index in [9.17, 15) is 13.2 Å². The van der Waals surface area contributed by atoms with E-state index in [0.29, 0.717) is 41.8 Å². The number of nitrogens with one attached hydrogen (secondary N) is 1. The number of likely N-dealkylation sites (N-methyl/N-ethyl adjacent to an activating group) is 1. The van der Waals surface area contributed by atoms with Gasteiger partial charge in [0.05, 0.1) is 16.5 Å². The first kappa shape index (κ1) is 19.5. The lowest BCUT2D eigenvalue weighted by Crippen LogP contribution is -2.40. The Morgan fingerprint density at radius 3 is 2.81 bits per heavy atom. The summed E-state index contributed by atoms with van der Waals surface area (Å²) in [7, 11) is -3.37. The minimum atomic E-state index is -3.37. The highest BCUT2D eigenvalue weighted by atomic mass is 35.5. The highest BCUT2D eigenvalue weighted by Gasteiger charge is 2.28. The fraction of sp³-hybridized carbons (Fsp3) is 0.611. The molecule has 0 spiro atoms. The van der Waals surface area contributed by atoms with E-state index in [1.807, 2.05) is 0 Å². The molecule has 6 nitrogen and oxygen atoms in total. The molecule has 1 amide bonds. The molecule has 2 heterocycles. The summed E-state index contributed by atoms with van der Waals surface area (Å²) in [4.78, 5) is 14.9. The Balaban J connectivity index is 1.73. The maximum Gasteiger partial charge on any atom is 0.251 e. The van der Waals surface area contributed by atoms with Crippen LogP contribution in [0.2, 0.25) is 5.02 Å². The second-order valence-corrected chi connectivity index (χ2v) is 9.32. The van der Waals surface area contributed by atoms with Crippen molar-refractivity contribution in [3.63, 3.8) is 0 Å². The third kappa shape index (κ3) is 4.15. The molecule has 144 valence electrons. The summed E-state index contributed by atoms with van der Waals surface area (Å²) < 4.78 is 26.0. The molecule has 26 heavy (non-hydrogen) atoms. The molecule has 2 fully saturated rings. The van der Waals surface area contributed by atoms with E-state index in [4.69, 9.17) is 11.6 Å². The van der Waals surface area contributed by atoms with Gasteiger partial charge in [0.15, 0.2) is 0 Å². The summed E-state index contributed by atoms with van der Waals surface area (Å²) in [6.45, 7) is 5.20. The van der Waals surface area contributed by atoms with Crippen molar-refractivity contribution in [1.29, 1.82) is 0 Å². The number of benzene rings is 1. The number of carbonyl (C=O) groups excluding carboxylic acids is 1. The Bertz CT molecular complexity index is 769. The minimum absolute atomic E-state index is 0.119. The molecule has 2 aliphatic heterocycles. The lowest BCUT2D eigenvalue weighted by molar-refractivity contribution is 0.0941. The van der Waals surface area contributed by atoms with E-state index in [0.717, 1.165) is 32.4 Å². The van der Waals surface area contributed by atoms with Crippen LogP contribution in [0, 0.1) is 0 Å². The van der Waals surface area contributed by atoms with Crippen molar-refractivity contribution < 1.29 is 13.2 Å². The van der Waals surface area contributed by atoms with Crippen molar-refractivity contribution in [3.8, 4) is 0 Å². The molecule has 3 rings (SSSR count). The quantitative estimate of drug-likeness (QED) is 0.825. The SMILES string of the molecule is CCN1CCC[C@@H]1CNC(=O)c1ccc(Cl)c(N2CCCCS2(=O)=O)c1. The number of carbonyl (C=O) groups is 1. The van der Waals surface area contributed by atoms with E-state index < -0.39 is 10.0 Å². The molecule has 2 aliphatic rings. The maximum atomic E-state index is 12.6. The van der Waals surface area contributed by atoms with E-state index in [1.54, 1.807) is 18.2 Å². The average molecular weight is 400 g/mol. The summed E-state index contributed by atoms with van der Waals surface area (Å²) in [5.41, 5.74) is 0.835. The third-order valence-corrected chi connectivity index (χ3v) is 7.40. The van der Waals surface area contributed by atoms with E-state index in [-0.39, 0.29) is 11.7 Å². The zero-order valence-corrected chi connectivity index (χ0v) is 16.7. The highest BCUT2D eigenvalue weighted by Crippen LogP contribution is 2.31. The first-order chi connectivity index (χ1) is 12.4. The normalized spacial score (nSPS) is 23.2. The van der Waals surface area contributed by atoms with Crippen molar-refractivity contribution in [2.24, 2.45) is 0 Å². The number of likely N-dealkylation sites (tertiary alicyclic amines) is 1. The fourth-order valence-corrected chi connectivity index (χ4v) is 5.68. The van der Waals surface area contributed by atoms with Crippen molar-refractivity contribution in [2.75, 3.05) is 36.2 Å². The first-order valence-electron chi connectivity index (χ1n) is 9.24. The van der Waals surface area contributed by atoms with Gasteiger partial charge in [0.1, 0.15) is 0 Å². The Hall–Kier alpha value is -1.31. The zero-order chi connectivity index (χ0) is 18.7. The number of halogens is 1. The summed E-state index contributed by atoms with van der Waals surface area (Å²) in [5.74, 6) is -0.0749. The Labute approximate surface area is 160 Å². The smallest absolute Gasteiger partial charge is 0.251 e. The van der Waals surface area contributed by atoms with Crippen molar-refractivity contribution >= 4 is 33.2 Å². The van der Waals surface area contributed by atoms with Crippen molar-refractivity contribution in [1.82, 2.24) is 10.2 Å². The van der Waals surface area contributed by atoms with Crippen LogP contribution in [0.5, 0.6) is 0 Å². The minimum Gasteiger partial charge on any atom is -0.350 e. The third-order valence-electron chi connectivity index (χ3n) is 5.23. The maximum absolute atomic E-state index is 12.6. The molecule has 0 aliphatic carbocycles. The standard InChI is InChI=1S/C18H26ClN3O3S/c1-2-21-9-5-6-15(21)13-20-18(23)14-7-8-16(19)17(12-14)22-10-3-4-11-26(22,24)25/h7-8,12,15H,2-6,9-11,13H2,1H3,(H,20,23)/t15-/m1/s1. The fourth-order valence-electron chi connectivity index (χ4n) is 3.76. The van der Waals surface area contributed by atoms with Gasteiger partial charge < -0.3 is 5.32 Å². The summed E-state index contributed by atoms with van der Waals surface area (Å²) in [5, 5.41) is 3.33. The Morgan fingerprint density at radius 1 is 1.27 bits per heavy atom. The van der Waals surface area contributed by atoms with Crippen LogP contribution in [0.25, 0.3) is 0 Å². The number of sulfonamides is 1. The Kier molecular flexibility index (Phi) is 6.10. The number of amides is 1. The van der Waals surface area contributed by atoms with Crippen LogP contribution in [-0.4, -0.2) is 57.2 Å². The molecule has 1 aromatic carbocycles. The molecule has 0 saturated carbocycles. The Morgan fingerprint density at radius 2 is 2.08 bits per heavy atom. The second-order valence-electron chi connectivity index (χ2n) is 6.90. The number of hydrogen-bond donors (Lipinski definition) is 1.